The molecule has 3 nitrogen and oxygen atoms in total. The van der Waals surface area contributed by atoms with Gasteiger partial charge in [-0.3, -0.25) is 4.79 Å². The lowest BCUT2D eigenvalue weighted by molar-refractivity contribution is 0.281. The third-order valence-electron chi connectivity index (χ3n) is 2.45. The molecule has 0 fully saturated rings. The van der Waals surface area contributed by atoms with E-state index in [0.29, 0.717) is 31.8 Å². The summed E-state index contributed by atoms with van der Waals surface area (Å²) in [6, 6.07) is 4.56. The van der Waals surface area contributed by atoms with Crippen LogP contribution in [0.3, 0.4) is 0 Å². The van der Waals surface area contributed by atoms with Crippen molar-refractivity contribution in [2.75, 3.05) is 0 Å². The molecule has 0 spiro atoms. The number of hydrogen-bond donors (Lipinski definition) is 2. The Morgan fingerprint density at radius 2 is 1.67 bits per heavy atom. The lowest BCUT2D eigenvalue weighted by Gasteiger charge is -2.07. The second kappa shape index (κ2) is 5.33. The zero-order valence-electron chi connectivity index (χ0n) is 9.01. The second-order valence-electron chi connectivity index (χ2n) is 3.66. The SMILES string of the molecule is O=c1[nH]cc(CO)cc1-c1cc(Cl)c(Cl)cc1Cl. The van der Waals surface area contributed by atoms with Gasteiger partial charge in [0.15, 0.2) is 0 Å². The summed E-state index contributed by atoms with van der Waals surface area (Å²) in [5, 5.41) is 10.0. The number of benzene rings is 1. The van der Waals surface area contributed by atoms with Crippen molar-refractivity contribution in [1.82, 2.24) is 4.98 Å². The molecule has 0 aliphatic carbocycles. The van der Waals surface area contributed by atoms with Crippen LogP contribution in [-0.2, 0) is 6.61 Å². The van der Waals surface area contributed by atoms with Gasteiger partial charge in [0, 0.05) is 17.3 Å². The smallest absolute Gasteiger partial charge is 0.255 e. The topological polar surface area (TPSA) is 53.1 Å². The maximum absolute atomic E-state index is 11.8. The highest BCUT2D eigenvalue weighted by molar-refractivity contribution is 6.44. The Balaban J connectivity index is 2.68. The van der Waals surface area contributed by atoms with E-state index in [2.05, 4.69) is 4.98 Å². The Hall–Kier alpha value is -1.000. The van der Waals surface area contributed by atoms with Gasteiger partial charge in [0.05, 0.1) is 21.7 Å². The number of H-pyrrole nitrogens is 1. The Morgan fingerprint density at radius 1 is 1.00 bits per heavy atom. The third-order valence-corrected chi connectivity index (χ3v) is 3.48. The highest BCUT2D eigenvalue weighted by Gasteiger charge is 2.11. The largest absolute Gasteiger partial charge is 0.392 e. The number of pyridine rings is 1. The van der Waals surface area contributed by atoms with Gasteiger partial charge in [-0.2, -0.15) is 0 Å². The minimum Gasteiger partial charge on any atom is -0.392 e. The van der Waals surface area contributed by atoms with Crippen LogP contribution in [0, 0.1) is 0 Å². The van der Waals surface area contributed by atoms with E-state index in [-0.39, 0.29) is 12.2 Å². The number of aliphatic hydroxyl groups excluding tert-OH is 1. The molecule has 1 heterocycles. The molecule has 1 aromatic heterocycles. The van der Waals surface area contributed by atoms with Crippen molar-refractivity contribution in [3.8, 4) is 11.1 Å². The van der Waals surface area contributed by atoms with E-state index < -0.39 is 0 Å². The molecular weight excluding hydrogens is 296 g/mol. The first-order valence-electron chi connectivity index (χ1n) is 5.00. The van der Waals surface area contributed by atoms with Crippen LogP contribution < -0.4 is 5.56 Å². The first-order chi connectivity index (χ1) is 8.52. The Kier molecular flexibility index (Phi) is 3.97. The standard InChI is InChI=1S/C12H8Cl3NO2/c13-9-3-11(15)10(14)2-7(9)8-1-6(5-17)4-16-12(8)18/h1-4,17H,5H2,(H,16,18). The van der Waals surface area contributed by atoms with Crippen molar-refractivity contribution in [3.05, 3.63) is 55.4 Å². The van der Waals surface area contributed by atoms with E-state index >= 15 is 0 Å². The van der Waals surface area contributed by atoms with E-state index in [4.69, 9.17) is 39.9 Å². The van der Waals surface area contributed by atoms with Crippen molar-refractivity contribution in [2.24, 2.45) is 0 Å². The minimum atomic E-state index is -0.313. The molecule has 0 aliphatic heterocycles. The maximum Gasteiger partial charge on any atom is 0.255 e. The summed E-state index contributed by atoms with van der Waals surface area (Å²) in [6.07, 6.45) is 1.44. The summed E-state index contributed by atoms with van der Waals surface area (Å²) in [5.74, 6) is 0. The van der Waals surface area contributed by atoms with Crippen LogP contribution >= 0.6 is 34.8 Å². The number of nitrogens with one attached hydrogen (secondary N) is 1. The first-order valence-corrected chi connectivity index (χ1v) is 6.13. The van der Waals surface area contributed by atoms with Gasteiger partial charge in [-0.25, -0.2) is 0 Å². The third kappa shape index (κ3) is 2.54. The van der Waals surface area contributed by atoms with Gasteiger partial charge in [0.2, 0.25) is 0 Å². The van der Waals surface area contributed by atoms with Crippen molar-refractivity contribution >= 4 is 34.8 Å². The number of rotatable bonds is 2. The summed E-state index contributed by atoms with van der Waals surface area (Å²) < 4.78 is 0. The molecule has 2 N–H and O–H groups in total. The van der Waals surface area contributed by atoms with Gasteiger partial charge in [0.25, 0.3) is 5.56 Å². The van der Waals surface area contributed by atoms with Crippen molar-refractivity contribution in [1.29, 1.82) is 0 Å². The zero-order chi connectivity index (χ0) is 13.3. The fourth-order valence-corrected chi connectivity index (χ4v) is 2.20. The van der Waals surface area contributed by atoms with Gasteiger partial charge < -0.3 is 10.1 Å². The quantitative estimate of drug-likeness (QED) is 0.834. The van der Waals surface area contributed by atoms with Crippen molar-refractivity contribution in [3.63, 3.8) is 0 Å². The first kappa shape index (κ1) is 13.4. The van der Waals surface area contributed by atoms with E-state index in [1.165, 1.54) is 18.3 Å². The molecule has 6 heteroatoms. The summed E-state index contributed by atoms with van der Waals surface area (Å²) in [4.78, 5) is 14.3. The summed E-state index contributed by atoms with van der Waals surface area (Å²) in [6.45, 7) is -0.178. The molecule has 1 aromatic carbocycles. The van der Waals surface area contributed by atoms with Gasteiger partial charge in [0.1, 0.15) is 0 Å². The predicted molar refractivity (Wildman–Crippen MR) is 73.5 cm³/mol. The lowest BCUT2D eigenvalue weighted by atomic mass is 10.1. The molecule has 2 rings (SSSR count). The zero-order valence-corrected chi connectivity index (χ0v) is 11.3. The van der Waals surface area contributed by atoms with Crippen molar-refractivity contribution < 1.29 is 5.11 Å². The Morgan fingerprint density at radius 3 is 2.33 bits per heavy atom. The van der Waals surface area contributed by atoms with Crippen LogP contribution in [0.1, 0.15) is 5.56 Å². The molecule has 0 bridgehead atoms. The van der Waals surface area contributed by atoms with Crippen LogP contribution in [-0.4, -0.2) is 10.1 Å². The molecule has 0 amide bonds. The second-order valence-corrected chi connectivity index (χ2v) is 4.88. The van der Waals surface area contributed by atoms with E-state index in [9.17, 15) is 4.79 Å². The summed E-state index contributed by atoms with van der Waals surface area (Å²) >= 11 is 17.8. The number of aliphatic hydroxyl groups is 1. The molecule has 0 saturated heterocycles. The number of halogens is 3. The number of hydrogen-bond acceptors (Lipinski definition) is 2. The normalized spacial score (nSPS) is 10.7. The summed E-state index contributed by atoms with van der Waals surface area (Å²) in [7, 11) is 0. The number of aromatic amines is 1. The van der Waals surface area contributed by atoms with Gasteiger partial charge in [-0.15, -0.1) is 0 Å². The molecule has 0 saturated carbocycles. The fraction of sp³-hybridized carbons (Fsp3) is 0.0833. The van der Waals surface area contributed by atoms with E-state index in [1.54, 1.807) is 6.07 Å². The van der Waals surface area contributed by atoms with Gasteiger partial charge in [-0.1, -0.05) is 34.8 Å². The molecule has 94 valence electrons. The molecule has 0 aliphatic rings. The number of aromatic nitrogens is 1. The van der Waals surface area contributed by atoms with E-state index in [0.717, 1.165) is 0 Å². The highest BCUT2D eigenvalue weighted by Crippen LogP contribution is 2.34. The average molecular weight is 305 g/mol. The molecule has 2 aromatic rings. The Labute approximate surface area is 118 Å². The molecule has 0 radical (unpaired) electrons. The molecule has 0 unspecified atom stereocenters. The monoisotopic (exact) mass is 303 g/mol. The van der Waals surface area contributed by atoms with Crippen LogP contribution in [0.4, 0.5) is 0 Å². The van der Waals surface area contributed by atoms with Crippen LogP contribution in [0.2, 0.25) is 15.1 Å². The van der Waals surface area contributed by atoms with Gasteiger partial charge >= 0.3 is 0 Å². The molecule has 0 atom stereocenters. The predicted octanol–water partition coefficient (Wildman–Crippen LogP) is 3.49. The van der Waals surface area contributed by atoms with Crippen LogP contribution in [0.5, 0.6) is 0 Å². The van der Waals surface area contributed by atoms with Crippen LogP contribution in [0.25, 0.3) is 11.1 Å². The fourth-order valence-electron chi connectivity index (χ4n) is 1.55. The summed E-state index contributed by atoms with van der Waals surface area (Å²) in [5.41, 5.74) is 1.08. The minimum absolute atomic E-state index is 0.178. The van der Waals surface area contributed by atoms with Crippen molar-refractivity contribution in [2.45, 2.75) is 6.61 Å². The lowest BCUT2D eigenvalue weighted by Crippen LogP contribution is -2.09. The maximum atomic E-state index is 11.8. The molecular formula is C12H8Cl3NO2. The average Bonchev–Trinajstić information content (AvgIpc) is 2.35. The highest BCUT2D eigenvalue weighted by atomic mass is 35.5. The molecule has 18 heavy (non-hydrogen) atoms. The van der Waals surface area contributed by atoms with E-state index in [1.807, 2.05) is 0 Å². The van der Waals surface area contributed by atoms with Crippen LogP contribution in [0.15, 0.2) is 29.2 Å². The Bertz CT molecular complexity index is 652. The van der Waals surface area contributed by atoms with Gasteiger partial charge in [-0.05, 0) is 23.8 Å².